The van der Waals surface area contributed by atoms with E-state index in [1.165, 1.54) is 0 Å². The molecule has 110 valence electrons. The molecular weight excluding hydrogens is 274 g/mol. The summed E-state index contributed by atoms with van der Waals surface area (Å²) in [4.78, 5) is 34.9. The maximum atomic E-state index is 11.2. The van der Waals surface area contributed by atoms with Gasteiger partial charge < -0.3 is 15.1 Å². The first-order chi connectivity index (χ1) is 9.97. The van der Waals surface area contributed by atoms with Gasteiger partial charge in [0.2, 0.25) is 0 Å². The number of hydrogen-bond donors (Lipinski definition) is 2. The summed E-state index contributed by atoms with van der Waals surface area (Å²) in [5.74, 6) is -2.68. The van der Waals surface area contributed by atoms with Crippen molar-refractivity contribution in [1.29, 1.82) is 0 Å². The highest BCUT2D eigenvalue weighted by atomic mass is 16.4. The average molecular weight is 289 g/mol. The van der Waals surface area contributed by atoms with E-state index in [4.69, 9.17) is 10.2 Å². The third-order valence-electron chi connectivity index (χ3n) is 3.35. The molecule has 6 heteroatoms. The van der Waals surface area contributed by atoms with Crippen molar-refractivity contribution in [1.82, 2.24) is 0 Å². The molecule has 1 saturated heterocycles. The highest BCUT2D eigenvalue weighted by Gasteiger charge is 2.17. The Hall–Kier alpha value is -2.63. The summed E-state index contributed by atoms with van der Waals surface area (Å²) < 4.78 is 0. The van der Waals surface area contributed by atoms with E-state index in [-0.39, 0.29) is 5.78 Å². The van der Waals surface area contributed by atoms with Gasteiger partial charge in [0.1, 0.15) is 11.4 Å². The summed E-state index contributed by atoms with van der Waals surface area (Å²) in [7, 11) is 0. The Morgan fingerprint density at radius 2 is 1.52 bits per heavy atom. The van der Waals surface area contributed by atoms with Gasteiger partial charge in [-0.1, -0.05) is 12.1 Å². The van der Waals surface area contributed by atoms with Crippen LogP contribution < -0.4 is 4.90 Å². The zero-order valence-electron chi connectivity index (χ0n) is 11.3. The normalized spacial score (nSPS) is 14.7. The van der Waals surface area contributed by atoms with Gasteiger partial charge in [-0.2, -0.15) is 0 Å². The molecule has 2 N–H and O–H groups in total. The molecule has 1 aromatic carbocycles. The van der Waals surface area contributed by atoms with Gasteiger partial charge in [0.05, 0.1) is 0 Å². The number of Topliss-reactive ketones (excluding diaryl/α,β-unsaturated/α-hetero) is 1. The van der Waals surface area contributed by atoms with Crippen LogP contribution in [0.25, 0.3) is 6.08 Å². The highest BCUT2D eigenvalue weighted by Crippen LogP contribution is 2.20. The van der Waals surface area contributed by atoms with Crippen LogP contribution in [-0.2, 0) is 14.4 Å². The van der Waals surface area contributed by atoms with Crippen LogP contribution in [0.3, 0.4) is 0 Å². The number of rotatable bonds is 4. The highest BCUT2D eigenvalue weighted by molar-refractivity contribution is 6.16. The van der Waals surface area contributed by atoms with Crippen LogP contribution in [0.2, 0.25) is 0 Å². The van der Waals surface area contributed by atoms with Crippen molar-refractivity contribution in [2.45, 2.75) is 12.8 Å². The molecule has 1 aliphatic heterocycles. The first kappa shape index (κ1) is 14.8. The molecule has 1 fully saturated rings. The third-order valence-corrected chi connectivity index (χ3v) is 3.35. The van der Waals surface area contributed by atoms with Gasteiger partial charge >= 0.3 is 11.9 Å². The predicted octanol–water partition coefficient (Wildman–Crippen LogP) is 1.41. The number of benzene rings is 1. The van der Waals surface area contributed by atoms with E-state index in [9.17, 15) is 14.4 Å². The lowest BCUT2D eigenvalue weighted by Gasteiger charge is -2.28. The lowest BCUT2D eigenvalue weighted by Crippen LogP contribution is -2.33. The maximum Gasteiger partial charge on any atom is 0.343 e. The summed E-state index contributed by atoms with van der Waals surface area (Å²) in [5, 5.41) is 17.6. The molecule has 21 heavy (non-hydrogen) atoms. The van der Waals surface area contributed by atoms with Crippen molar-refractivity contribution < 1.29 is 24.6 Å². The van der Waals surface area contributed by atoms with Gasteiger partial charge in [0.15, 0.2) is 0 Å². The minimum atomic E-state index is -1.47. The predicted molar refractivity (Wildman–Crippen MR) is 76.1 cm³/mol. The average Bonchev–Trinajstić information content (AvgIpc) is 2.45. The summed E-state index contributed by atoms with van der Waals surface area (Å²) in [6.45, 7) is 1.34. The largest absolute Gasteiger partial charge is 0.477 e. The maximum absolute atomic E-state index is 11.2. The standard InChI is InChI=1S/C15H15NO5/c17-12-5-7-16(8-6-12)11-3-1-10(2-4-11)9-13(14(18)19)15(20)21/h1-4,9H,5-8H2,(H,18,19)(H,20,21). The molecule has 1 aliphatic rings. The van der Waals surface area contributed by atoms with Gasteiger partial charge in [0.25, 0.3) is 0 Å². The van der Waals surface area contributed by atoms with Crippen LogP contribution in [0, 0.1) is 0 Å². The van der Waals surface area contributed by atoms with Crippen molar-refractivity contribution in [3.05, 3.63) is 35.4 Å². The minimum Gasteiger partial charge on any atom is -0.477 e. The number of carbonyl (C=O) groups excluding carboxylic acids is 1. The van der Waals surface area contributed by atoms with E-state index in [1.807, 2.05) is 0 Å². The first-order valence-corrected chi connectivity index (χ1v) is 6.52. The van der Waals surface area contributed by atoms with Crippen LogP contribution >= 0.6 is 0 Å². The molecule has 0 atom stereocenters. The number of nitrogens with zero attached hydrogens (tertiary/aromatic N) is 1. The number of anilines is 1. The smallest absolute Gasteiger partial charge is 0.343 e. The molecule has 0 radical (unpaired) electrons. The second-order valence-electron chi connectivity index (χ2n) is 4.79. The van der Waals surface area contributed by atoms with Gasteiger partial charge in [-0.05, 0) is 23.8 Å². The monoisotopic (exact) mass is 289 g/mol. The fourth-order valence-corrected chi connectivity index (χ4v) is 2.18. The van der Waals surface area contributed by atoms with E-state index in [0.29, 0.717) is 31.5 Å². The van der Waals surface area contributed by atoms with Crippen molar-refractivity contribution in [2.75, 3.05) is 18.0 Å². The van der Waals surface area contributed by atoms with Crippen LogP contribution in [0.15, 0.2) is 29.8 Å². The minimum absolute atomic E-state index is 0.262. The van der Waals surface area contributed by atoms with Gasteiger partial charge in [-0.15, -0.1) is 0 Å². The Kier molecular flexibility index (Phi) is 4.37. The number of carbonyl (C=O) groups is 3. The summed E-state index contributed by atoms with van der Waals surface area (Å²) >= 11 is 0. The topological polar surface area (TPSA) is 94.9 Å². The second-order valence-corrected chi connectivity index (χ2v) is 4.79. The van der Waals surface area contributed by atoms with Crippen LogP contribution in [-0.4, -0.2) is 41.0 Å². The quantitative estimate of drug-likeness (QED) is 0.494. The van der Waals surface area contributed by atoms with Crippen LogP contribution in [0.4, 0.5) is 5.69 Å². The third kappa shape index (κ3) is 3.68. The molecule has 0 aliphatic carbocycles. The summed E-state index contributed by atoms with van der Waals surface area (Å²) in [6, 6.07) is 6.92. The Balaban J connectivity index is 2.15. The molecule has 0 amide bonds. The number of aliphatic carboxylic acids is 2. The molecule has 0 aromatic heterocycles. The van der Waals surface area contributed by atoms with E-state index in [0.717, 1.165) is 11.8 Å². The zero-order chi connectivity index (χ0) is 15.4. The van der Waals surface area contributed by atoms with E-state index >= 15 is 0 Å². The Morgan fingerprint density at radius 3 is 2.00 bits per heavy atom. The number of carboxylic acids is 2. The molecule has 0 saturated carbocycles. The number of hydrogen-bond acceptors (Lipinski definition) is 4. The molecule has 0 spiro atoms. The zero-order valence-corrected chi connectivity index (χ0v) is 11.3. The van der Waals surface area contributed by atoms with Gasteiger partial charge in [-0.3, -0.25) is 4.79 Å². The molecule has 1 aromatic rings. The molecular formula is C15H15NO5. The summed E-state index contributed by atoms with van der Waals surface area (Å²) in [5.41, 5.74) is 0.768. The van der Waals surface area contributed by atoms with Crippen molar-refractivity contribution >= 4 is 29.5 Å². The SMILES string of the molecule is O=C1CCN(c2ccc(C=C(C(=O)O)C(=O)O)cc2)CC1. The fraction of sp³-hybridized carbons (Fsp3) is 0.267. The second kappa shape index (κ2) is 6.21. The molecule has 6 nitrogen and oxygen atoms in total. The molecule has 0 bridgehead atoms. The molecule has 0 unspecified atom stereocenters. The van der Waals surface area contributed by atoms with Crippen molar-refractivity contribution in [3.8, 4) is 0 Å². The van der Waals surface area contributed by atoms with Crippen LogP contribution in [0.1, 0.15) is 18.4 Å². The summed E-state index contributed by atoms with van der Waals surface area (Å²) in [6.07, 6.45) is 2.18. The molecule has 2 rings (SSSR count). The van der Waals surface area contributed by atoms with Crippen LogP contribution in [0.5, 0.6) is 0 Å². The molecule has 1 heterocycles. The lowest BCUT2D eigenvalue weighted by atomic mass is 10.1. The van der Waals surface area contributed by atoms with Crippen molar-refractivity contribution in [3.63, 3.8) is 0 Å². The van der Waals surface area contributed by atoms with Gasteiger partial charge in [-0.25, -0.2) is 9.59 Å². The number of ketones is 1. The Labute approximate surface area is 121 Å². The fourth-order valence-electron chi connectivity index (χ4n) is 2.18. The lowest BCUT2D eigenvalue weighted by molar-refractivity contribution is -0.140. The number of piperidine rings is 1. The van der Waals surface area contributed by atoms with E-state index in [2.05, 4.69) is 4.90 Å². The Bertz CT molecular complexity index is 577. The Morgan fingerprint density at radius 1 is 1.00 bits per heavy atom. The van der Waals surface area contributed by atoms with E-state index < -0.39 is 17.5 Å². The van der Waals surface area contributed by atoms with E-state index in [1.54, 1.807) is 24.3 Å². The van der Waals surface area contributed by atoms with Gasteiger partial charge in [0, 0.05) is 31.6 Å². The number of carboxylic acid groups (broad SMARTS) is 2. The van der Waals surface area contributed by atoms with Crippen molar-refractivity contribution in [2.24, 2.45) is 0 Å². The first-order valence-electron chi connectivity index (χ1n) is 6.52.